The van der Waals surface area contributed by atoms with Crippen molar-refractivity contribution in [3.8, 4) is 0 Å². The number of nitrogen functional groups attached to an aromatic ring is 1. The molecule has 2 N–H and O–H groups in total. The first kappa shape index (κ1) is 11.5. The maximum absolute atomic E-state index is 6.23. The molecule has 0 fully saturated rings. The van der Waals surface area contributed by atoms with Crippen LogP contribution in [0.1, 0.15) is 11.1 Å². The van der Waals surface area contributed by atoms with E-state index < -0.39 is 0 Å². The molecule has 0 aromatic heterocycles. The van der Waals surface area contributed by atoms with E-state index >= 15 is 0 Å². The van der Waals surface area contributed by atoms with Crippen LogP contribution in [0, 0.1) is 0 Å². The summed E-state index contributed by atoms with van der Waals surface area (Å²) >= 11 is 0. The van der Waals surface area contributed by atoms with Gasteiger partial charge >= 0.3 is 0 Å². The van der Waals surface area contributed by atoms with Crippen molar-refractivity contribution in [1.82, 2.24) is 0 Å². The van der Waals surface area contributed by atoms with Crippen LogP contribution < -0.4 is 5.73 Å². The van der Waals surface area contributed by atoms with Gasteiger partial charge in [-0.25, -0.2) is 0 Å². The lowest BCUT2D eigenvalue weighted by Gasteiger charge is -2.05. The number of benzene rings is 3. The standard InChI is InChI=1S/C18H15N/c19-18-16(11-10-14-6-2-1-3-7-14)13-12-15-8-4-5-9-17(15)18/h1-13H,19H2. The van der Waals surface area contributed by atoms with Crippen molar-refractivity contribution < 1.29 is 0 Å². The van der Waals surface area contributed by atoms with Gasteiger partial charge in [0.25, 0.3) is 0 Å². The van der Waals surface area contributed by atoms with Gasteiger partial charge in [-0.1, -0.05) is 78.9 Å². The van der Waals surface area contributed by atoms with E-state index in [2.05, 4.69) is 48.6 Å². The monoisotopic (exact) mass is 245 g/mol. The molecule has 3 rings (SSSR count). The second-order valence-electron chi connectivity index (χ2n) is 4.53. The van der Waals surface area contributed by atoms with Gasteiger partial charge in [0, 0.05) is 11.1 Å². The van der Waals surface area contributed by atoms with Crippen LogP contribution in [0.5, 0.6) is 0 Å². The minimum absolute atomic E-state index is 0.838. The number of nitrogens with two attached hydrogens (primary N) is 1. The van der Waals surface area contributed by atoms with Gasteiger partial charge in [0.1, 0.15) is 0 Å². The molecule has 0 aliphatic carbocycles. The number of hydrogen-bond donors (Lipinski definition) is 1. The van der Waals surface area contributed by atoms with Crippen molar-refractivity contribution in [3.63, 3.8) is 0 Å². The van der Waals surface area contributed by atoms with Crippen LogP contribution in [0.15, 0.2) is 66.7 Å². The summed E-state index contributed by atoms with van der Waals surface area (Å²) in [5.41, 5.74) is 9.30. The molecule has 3 aromatic carbocycles. The highest BCUT2D eigenvalue weighted by atomic mass is 14.6. The third kappa shape index (κ3) is 2.36. The molecule has 0 saturated heterocycles. The largest absolute Gasteiger partial charge is 0.398 e. The van der Waals surface area contributed by atoms with Crippen LogP contribution in [0.4, 0.5) is 5.69 Å². The summed E-state index contributed by atoms with van der Waals surface area (Å²) in [4.78, 5) is 0. The Morgan fingerprint density at radius 1 is 0.684 bits per heavy atom. The number of rotatable bonds is 2. The van der Waals surface area contributed by atoms with Crippen LogP contribution in [0.3, 0.4) is 0 Å². The van der Waals surface area contributed by atoms with E-state index in [4.69, 9.17) is 5.73 Å². The molecule has 1 nitrogen and oxygen atoms in total. The average molecular weight is 245 g/mol. The Kier molecular flexibility index (Phi) is 3.03. The quantitative estimate of drug-likeness (QED) is 0.518. The molecule has 0 radical (unpaired) electrons. The summed E-state index contributed by atoms with van der Waals surface area (Å²) in [5.74, 6) is 0. The molecule has 19 heavy (non-hydrogen) atoms. The van der Waals surface area contributed by atoms with Crippen LogP contribution >= 0.6 is 0 Å². The summed E-state index contributed by atoms with van der Waals surface area (Å²) < 4.78 is 0. The van der Waals surface area contributed by atoms with Crippen molar-refractivity contribution in [3.05, 3.63) is 77.9 Å². The van der Waals surface area contributed by atoms with Gasteiger partial charge in [0.15, 0.2) is 0 Å². The Balaban J connectivity index is 2.02. The van der Waals surface area contributed by atoms with Gasteiger partial charge in [0.05, 0.1) is 0 Å². The molecule has 1 heteroatoms. The number of hydrogen-bond acceptors (Lipinski definition) is 1. The minimum atomic E-state index is 0.838. The zero-order valence-electron chi connectivity index (χ0n) is 10.6. The first-order valence-electron chi connectivity index (χ1n) is 6.35. The van der Waals surface area contributed by atoms with Crippen molar-refractivity contribution in [2.24, 2.45) is 0 Å². The number of fused-ring (bicyclic) bond motifs is 1. The fourth-order valence-electron chi connectivity index (χ4n) is 2.21. The highest BCUT2D eigenvalue weighted by molar-refractivity contribution is 5.97. The van der Waals surface area contributed by atoms with E-state index in [9.17, 15) is 0 Å². The van der Waals surface area contributed by atoms with Gasteiger partial charge in [-0.3, -0.25) is 0 Å². The number of anilines is 1. The second-order valence-corrected chi connectivity index (χ2v) is 4.53. The maximum atomic E-state index is 6.23. The molecule has 0 aliphatic heterocycles. The van der Waals surface area contributed by atoms with E-state index in [-0.39, 0.29) is 0 Å². The lowest BCUT2D eigenvalue weighted by atomic mass is 10.0. The maximum Gasteiger partial charge on any atom is 0.0467 e. The van der Waals surface area contributed by atoms with Crippen molar-refractivity contribution in [1.29, 1.82) is 0 Å². The average Bonchev–Trinajstić information content (AvgIpc) is 2.48. The van der Waals surface area contributed by atoms with Gasteiger partial charge in [-0.2, -0.15) is 0 Å². The third-order valence-electron chi connectivity index (χ3n) is 3.26. The summed E-state index contributed by atoms with van der Waals surface area (Å²) in [6.45, 7) is 0. The highest BCUT2D eigenvalue weighted by Crippen LogP contribution is 2.26. The summed E-state index contributed by atoms with van der Waals surface area (Å²) in [6.07, 6.45) is 4.15. The Morgan fingerprint density at radius 3 is 2.26 bits per heavy atom. The molecule has 0 bridgehead atoms. The fraction of sp³-hybridized carbons (Fsp3) is 0. The van der Waals surface area contributed by atoms with Gasteiger partial charge < -0.3 is 5.73 Å². The molecule has 0 amide bonds. The van der Waals surface area contributed by atoms with Crippen molar-refractivity contribution >= 4 is 28.6 Å². The third-order valence-corrected chi connectivity index (χ3v) is 3.26. The van der Waals surface area contributed by atoms with Crippen LogP contribution in [-0.4, -0.2) is 0 Å². The first-order valence-corrected chi connectivity index (χ1v) is 6.35. The predicted molar refractivity (Wildman–Crippen MR) is 83.7 cm³/mol. The predicted octanol–water partition coefficient (Wildman–Crippen LogP) is 4.59. The van der Waals surface area contributed by atoms with E-state index in [0.29, 0.717) is 0 Å². The van der Waals surface area contributed by atoms with Gasteiger partial charge in [-0.15, -0.1) is 0 Å². The molecule has 0 saturated carbocycles. The highest BCUT2D eigenvalue weighted by Gasteiger charge is 2.00. The van der Waals surface area contributed by atoms with E-state index in [1.807, 2.05) is 30.3 Å². The lowest BCUT2D eigenvalue weighted by molar-refractivity contribution is 1.66. The van der Waals surface area contributed by atoms with E-state index in [1.54, 1.807) is 0 Å². The minimum Gasteiger partial charge on any atom is -0.398 e. The molecule has 0 heterocycles. The Bertz CT molecular complexity index is 727. The van der Waals surface area contributed by atoms with Crippen molar-refractivity contribution in [2.45, 2.75) is 0 Å². The molecule has 3 aromatic rings. The van der Waals surface area contributed by atoms with Crippen molar-refractivity contribution in [2.75, 3.05) is 5.73 Å². The van der Waals surface area contributed by atoms with Crippen LogP contribution in [-0.2, 0) is 0 Å². The van der Waals surface area contributed by atoms with Gasteiger partial charge in [-0.05, 0) is 16.5 Å². The zero-order valence-corrected chi connectivity index (χ0v) is 10.6. The summed E-state index contributed by atoms with van der Waals surface area (Å²) in [6, 6.07) is 22.6. The first-order chi connectivity index (χ1) is 9.34. The Morgan fingerprint density at radius 2 is 1.42 bits per heavy atom. The van der Waals surface area contributed by atoms with Gasteiger partial charge in [0.2, 0.25) is 0 Å². The SMILES string of the molecule is Nc1c(C=Cc2ccccc2)ccc2ccccc12. The molecule has 92 valence electrons. The Labute approximate surface area is 113 Å². The summed E-state index contributed by atoms with van der Waals surface area (Å²) in [7, 11) is 0. The Hall–Kier alpha value is -2.54. The molecule has 0 aliphatic rings. The molecule has 0 spiro atoms. The van der Waals surface area contributed by atoms with E-state index in [0.717, 1.165) is 16.6 Å². The van der Waals surface area contributed by atoms with E-state index in [1.165, 1.54) is 10.9 Å². The van der Waals surface area contributed by atoms with Crippen LogP contribution in [0.2, 0.25) is 0 Å². The molecule has 0 atom stereocenters. The summed E-state index contributed by atoms with van der Waals surface area (Å²) in [5, 5.41) is 2.29. The smallest absolute Gasteiger partial charge is 0.0467 e. The zero-order chi connectivity index (χ0) is 13.1. The topological polar surface area (TPSA) is 26.0 Å². The normalized spacial score (nSPS) is 11.2. The molecular formula is C18H15N. The van der Waals surface area contributed by atoms with Crippen LogP contribution in [0.25, 0.3) is 22.9 Å². The second kappa shape index (κ2) is 4.99. The molecule has 0 unspecified atom stereocenters. The fourth-order valence-corrected chi connectivity index (χ4v) is 2.21. The lowest BCUT2D eigenvalue weighted by Crippen LogP contribution is -1.90. The molecular weight excluding hydrogens is 230 g/mol.